The summed E-state index contributed by atoms with van der Waals surface area (Å²) in [6.45, 7) is 2.85. The average Bonchev–Trinajstić information content (AvgIpc) is 3.12. The zero-order chi connectivity index (χ0) is 21.5. The number of benzene rings is 2. The minimum Gasteiger partial charge on any atom is -0.391 e. The molecule has 5 nitrogen and oxygen atoms in total. The van der Waals surface area contributed by atoms with Gasteiger partial charge in [0.25, 0.3) is 0 Å². The molecule has 2 aromatic heterocycles. The molecule has 0 bridgehead atoms. The third kappa shape index (κ3) is 5.05. The summed E-state index contributed by atoms with van der Waals surface area (Å²) in [5.41, 5.74) is 9.83. The second kappa shape index (κ2) is 10.3. The molecule has 0 aliphatic heterocycles. The van der Waals surface area contributed by atoms with E-state index in [-0.39, 0.29) is 0 Å². The molecule has 0 aliphatic rings. The first-order valence-corrected chi connectivity index (χ1v) is 10.4. The van der Waals surface area contributed by atoms with Crippen LogP contribution < -0.4 is 16.4 Å². The molecule has 30 heavy (non-hydrogen) atoms. The van der Waals surface area contributed by atoms with Gasteiger partial charge in [0, 0.05) is 39.1 Å². The number of nitrogens with two attached hydrogens (primary N) is 1. The monoisotopic (exact) mass is 441 g/mol. The van der Waals surface area contributed by atoms with Crippen LogP contribution in [0.3, 0.4) is 0 Å². The van der Waals surface area contributed by atoms with E-state index >= 15 is 0 Å². The summed E-state index contributed by atoms with van der Waals surface area (Å²) in [5, 5.41) is 10.2. The number of fused-ring (bicyclic) bond motifs is 3. The average molecular weight is 442 g/mol. The number of pyridine rings is 1. The molecule has 0 saturated carbocycles. The smallest absolute Gasteiger partial charge is 0.129 e. The number of halogens is 2. The number of H-pyrrole nitrogens is 1. The molecule has 5 N–H and O–H groups in total. The SMILES string of the molecule is C/C=C\NCCc1cc(Nc2ccc(Cl)nc2)cc2c1[nH]c1ccc(Cl)cc12.CN. The highest BCUT2D eigenvalue weighted by Crippen LogP contribution is 2.33. The fourth-order valence-electron chi connectivity index (χ4n) is 3.34. The summed E-state index contributed by atoms with van der Waals surface area (Å²) in [6.07, 6.45) is 6.57. The van der Waals surface area contributed by atoms with E-state index in [1.165, 1.54) is 12.6 Å². The van der Waals surface area contributed by atoms with Crippen LogP contribution >= 0.6 is 23.2 Å². The van der Waals surface area contributed by atoms with Gasteiger partial charge in [-0.25, -0.2) is 4.98 Å². The topological polar surface area (TPSA) is 78.8 Å². The maximum Gasteiger partial charge on any atom is 0.129 e. The fraction of sp³-hybridized carbons (Fsp3) is 0.174. The highest BCUT2D eigenvalue weighted by molar-refractivity contribution is 6.32. The summed E-state index contributed by atoms with van der Waals surface area (Å²) in [7, 11) is 1.50. The Morgan fingerprint density at radius 3 is 2.60 bits per heavy atom. The molecular weight excluding hydrogens is 417 g/mol. The molecule has 0 atom stereocenters. The van der Waals surface area contributed by atoms with Gasteiger partial charge in [-0.3, -0.25) is 0 Å². The fourth-order valence-corrected chi connectivity index (χ4v) is 3.62. The van der Waals surface area contributed by atoms with Gasteiger partial charge in [0.1, 0.15) is 5.15 Å². The van der Waals surface area contributed by atoms with Crippen LogP contribution in [0, 0.1) is 0 Å². The van der Waals surface area contributed by atoms with E-state index in [0.717, 1.165) is 51.2 Å². The number of anilines is 2. The Morgan fingerprint density at radius 2 is 1.87 bits per heavy atom. The largest absolute Gasteiger partial charge is 0.391 e. The van der Waals surface area contributed by atoms with Gasteiger partial charge >= 0.3 is 0 Å². The number of rotatable bonds is 6. The van der Waals surface area contributed by atoms with Gasteiger partial charge in [-0.15, -0.1) is 0 Å². The normalized spacial score (nSPS) is 11.0. The number of aromatic nitrogens is 2. The van der Waals surface area contributed by atoms with Gasteiger partial charge in [-0.05, 0) is 74.6 Å². The van der Waals surface area contributed by atoms with Crippen molar-refractivity contribution >= 4 is 56.4 Å². The van der Waals surface area contributed by atoms with Crippen molar-refractivity contribution in [1.82, 2.24) is 15.3 Å². The summed E-state index contributed by atoms with van der Waals surface area (Å²) >= 11 is 12.1. The number of allylic oxidation sites excluding steroid dienone is 1. The molecule has 7 heteroatoms. The maximum absolute atomic E-state index is 6.25. The van der Waals surface area contributed by atoms with Crippen LogP contribution in [0.5, 0.6) is 0 Å². The van der Waals surface area contributed by atoms with Crippen molar-refractivity contribution in [3.05, 3.63) is 76.7 Å². The molecule has 0 unspecified atom stereocenters. The minimum atomic E-state index is 0.475. The van der Waals surface area contributed by atoms with E-state index < -0.39 is 0 Å². The lowest BCUT2D eigenvalue weighted by atomic mass is 10.0. The second-order valence-corrected chi connectivity index (χ2v) is 7.40. The van der Waals surface area contributed by atoms with Crippen LogP contribution in [0.1, 0.15) is 12.5 Å². The van der Waals surface area contributed by atoms with Gasteiger partial charge in [0.15, 0.2) is 0 Å². The Morgan fingerprint density at radius 1 is 1.03 bits per heavy atom. The van der Waals surface area contributed by atoms with Crippen molar-refractivity contribution in [1.29, 1.82) is 0 Å². The van der Waals surface area contributed by atoms with Gasteiger partial charge in [0.2, 0.25) is 0 Å². The number of aromatic amines is 1. The highest BCUT2D eigenvalue weighted by atomic mass is 35.5. The Balaban J connectivity index is 0.00000124. The molecule has 4 aromatic rings. The summed E-state index contributed by atoms with van der Waals surface area (Å²) in [4.78, 5) is 7.69. The zero-order valence-electron chi connectivity index (χ0n) is 17.0. The lowest BCUT2D eigenvalue weighted by Gasteiger charge is -2.11. The highest BCUT2D eigenvalue weighted by Gasteiger charge is 2.11. The lowest BCUT2D eigenvalue weighted by molar-refractivity contribution is 0.834. The van der Waals surface area contributed by atoms with Crippen LogP contribution in [-0.4, -0.2) is 23.6 Å². The Kier molecular flexibility index (Phi) is 7.57. The van der Waals surface area contributed by atoms with E-state index in [4.69, 9.17) is 23.2 Å². The maximum atomic E-state index is 6.25. The first-order chi connectivity index (χ1) is 14.6. The second-order valence-electron chi connectivity index (χ2n) is 6.57. The molecular formula is C23H25Cl2N5. The van der Waals surface area contributed by atoms with Gasteiger partial charge < -0.3 is 21.4 Å². The molecule has 0 amide bonds. The number of hydrogen-bond acceptors (Lipinski definition) is 4. The zero-order valence-corrected chi connectivity index (χ0v) is 18.5. The van der Waals surface area contributed by atoms with Crippen LogP contribution in [0.25, 0.3) is 21.8 Å². The standard InChI is InChI=1S/C22H20Cl2N4.CH5N/c1-2-8-25-9-7-14-10-17(27-16-4-6-21(24)26-13-16)12-19-18-11-15(23)3-5-20(18)28-22(14)19;1-2/h2-6,8,10-13,25,27-28H,7,9H2,1H3;2H2,1H3/b8-2-;. The first kappa shape index (κ1) is 22.0. The lowest BCUT2D eigenvalue weighted by Crippen LogP contribution is -2.10. The molecule has 156 valence electrons. The van der Waals surface area contributed by atoms with Crippen molar-refractivity contribution in [3.8, 4) is 0 Å². The van der Waals surface area contributed by atoms with Crippen molar-refractivity contribution in [2.24, 2.45) is 5.73 Å². The first-order valence-electron chi connectivity index (χ1n) is 9.69. The summed E-state index contributed by atoms with van der Waals surface area (Å²) in [6, 6.07) is 13.9. The number of hydrogen-bond donors (Lipinski definition) is 4. The predicted octanol–water partition coefficient (Wildman–Crippen LogP) is 6.01. The minimum absolute atomic E-state index is 0.475. The summed E-state index contributed by atoms with van der Waals surface area (Å²) in [5.74, 6) is 0. The van der Waals surface area contributed by atoms with Crippen LogP contribution in [0.15, 0.2) is 60.9 Å². The number of nitrogens with zero attached hydrogens (tertiary/aromatic N) is 1. The Bertz CT molecular complexity index is 1150. The predicted molar refractivity (Wildman–Crippen MR) is 130 cm³/mol. The van der Waals surface area contributed by atoms with E-state index in [0.29, 0.717) is 5.15 Å². The Labute approximate surface area is 186 Å². The Hall–Kier alpha value is -2.73. The molecule has 0 aliphatic carbocycles. The van der Waals surface area contributed by atoms with Crippen LogP contribution in [-0.2, 0) is 6.42 Å². The van der Waals surface area contributed by atoms with Crippen molar-refractivity contribution < 1.29 is 0 Å². The quantitative estimate of drug-likeness (QED) is 0.218. The molecule has 2 aromatic carbocycles. The van der Waals surface area contributed by atoms with Gasteiger partial charge in [0.05, 0.1) is 11.9 Å². The van der Waals surface area contributed by atoms with E-state index in [1.54, 1.807) is 12.3 Å². The van der Waals surface area contributed by atoms with Crippen molar-refractivity contribution in [3.63, 3.8) is 0 Å². The summed E-state index contributed by atoms with van der Waals surface area (Å²) < 4.78 is 0. The molecule has 0 spiro atoms. The van der Waals surface area contributed by atoms with Gasteiger partial charge in [-0.1, -0.05) is 29.3 Å². The van der Waals surface area contributed by atoms with E-state index in [1.807, 2.05) is 43.5 Å². The number of nitrogens with one attached hydrogen (secondary N) is 3. The van der Waals surface area contributed by atoms with Crippen LogP contribution in [0.2, 0.25) is 10.2 Å². The third-order valence-electron chi connectivity index (χ3n) is 4.59. The molecule has 4 rings (SSSR count). The van der Waals surface area contributed by atoms with Gasteiger partial charge in [-0.2, -0.15) is 0 Å². The molecule has 0 saturated heterocycles. The molecule has 0 fully saturated rings. The molecule has 0 radical (unpaired) electrons. The van der Waals surface area contributed by atoms with E-state index in [2.05, 4.69) is 38.5 Å². The van der Waals surface area contributed by atoms with Crippen LogP contribution in [0.4, 0.5) is 11.4 Å². The van der Waals surface area contributed by atoms with Crippen molar-refractivity contribution in [2.75, 3.05) is 18.9 Å². The third-order valence-corrected chi connectivity index (χ3v) is 5.05. The molecule has 2 heterocycles. The van der Waals surface area contributed by atoms with E-state index in [9.17, 15) is 0 Å². The van der Waals surface area contributed by atoms with Crippen molar-refractivity contribution in [2.45, 2.75) is 13.3 Å².